The molecule has 1 amide bonds. The molecular formula is C15H18N2O2. The highest BCUT2D eigenvalue weighted by atomic mass is 16.3. The van der Waals surface area contributed by atoms with Crippen molar-refractivity contribution in [3.8, 4) is 5.75 Å². The van der Waals surface area contributed by atoms with Crippen molar-refractivity contribution in [3.63, 3.8) is 0 Å². The number of hydrogen-bond donors (Lipinski definition) is 3. The van der Waals surface area contributed by atoms with E-state index >= 15 is 0 Å². The van der Waals surface area contributed by atoms with Gasteiger partial charge in [0.25, 0.3) is 0 Å². The predicted molar refractivity (Wildman–Crippen MR) is 74.0 cm³/mol. The van der Waals surface area contributed by atoms with E-state index in [4.69, 9.17) is 0 Å². The molecule has 1 aromatic heterocycles. The van der Waals surface area contributed by atoms with E-state index in [1.54, 1.807) is 18.2 Å². The number of hydrogen-bond acceptors (Lipinski definition) is 2. The smallest absolute Gasteiger partial charge is 0.227 e. The molecule has 4 heteroatoms. The molecule has 0 radical (unpaired) electrons. The summed E-state index contributed by atoms with van der Waals surface area (Å²) in [5.41, 5.74) is 1.92. The summed E-state index contributed by atoms with van der Waals surface area (Å²) in [5.74, 6) is -0.114. The van der Waals surface area contributed by atoms with Crippen molar-refractivity contribution < 1.29 is 9.90 Å². The fraction of sp³-hybridized carbons (Fsp3) is 0.267. The Balaban J connectivity index is 1.85. The number of nitrogens with one attached hydrogen (secondary N) is 2. The number of benzene rings is 1. The lowest BCUT2D eigenvalue weighted by molar-refractivity contribution is -0.122. The monoisotopic (exact) mass is 258 g/mol. The summed E-state index contributed by atoms with van der Waals surface area (Å²) in [6.45, 7) is 2.43. The lowest BCUT2D eigenvalue weighted by Gasteiger charge is -2.12. The molecule has 3 N–H and O–H groups in total. The fourth-order valence-electron chi connectivity index (χ4n) is 1.94. The quantitative estimate of drug-likeness (QED) is 0.769. The summed E-state index contributed by atoms with van der Waals surface area (Å²) in [4.78, 5) is 15.1. The molecule has 1 heterocycles. The number of aromatic amines is 1. The van der Waals surface area contributed by atoms with Crippen LogP contribution in [0.15, 0.2) is 42.6 Å². The van der Waals surface area contributed by atoms with Gasteiger partial charge in [-0.05, 0) is 36.8 Å². The molecule has 100 valence electrons. The van der Waals surface area contributed by atoms with Crippen LogP contribution in [0.4, 0.5) is 0 Å². The molecule has 0 aliphatic heterocycles. The van der Waals surface area contributed by atoms with Crippen molar-refractivity contribution >= 4 is 5.91 Å². The third kappa shape index (κ3) is 3.61. The standard InChI is InChI=1S/C15H18N2O2/c1-11(12-4-2-6-14(18)10-12)15(19)17-9-7-13-5-3-8-16-13/h2-6,8,10-11,16,18H,7,9H2,1H3,(H,17,19). The third-order valence-corrected chi connectivity index (χ3v) is 3.12. The van der Waals surface area contributed by atoms with Crippen LogP contribution >= 0.6 is 0 Å². The molecule has 0 aliphatic rings. The Morgan fingerprint density at radius 3 is 2.89 bits per heavy atom. The van der Waals surface area contributed by atoms with Crippen LogP contribution in [-0.4, -0.2) is 22.5 Å². The number of H-pyrrole nitrogens is 1. The normalized spacial score (nSPS) is 12.1. The first-order valence-corrected chi connectivity index (χ1v) is 6.35. The minimum Gasteiger partial charge on any atom is -0.508 e. The summed E-state index contributed by atoms with van der Waals surface area (Å²) >= 11 is 0. The van der Waals surface area contributed by atoms with Gasteiger partial charge in [0.05, 0.1) is 5.92 Å². The summed E-state index contributed by atoms with van der Waals surface area (Å²) in [6, 6.07) is 10.7. The highest BCUT2D eigenvalue weighted by Gasteiger charge is 2.14. The maximum absolute atomic E-state index is 12.0. The van der Waals surface area contributed by atoms with Crippen molar-refractivity contribution in [2.75, 3.05) is 6.54 Å². The van der Waals surface area contributed by atoms with Gasteiger partial charge in [-0.1, -0.05) is 12.1 Å². The van der Waals surface area contributed by atoms with Gasteiger partial charge in [-0.25, -0.2) is 0 Å². The number of phenols is 1. The van der Waals surface area contributed by atoms with Crippen molar-refractivity contribution in [2.24, 2.45) is 0 Å². The molecular weight excluding hydrogens is 240 g/mol. The Morgan fingerprint density at radius 1 is 1.37 bits per heavy atom. The second-order valence-corrected chi connectivity index (χ2v) is 4.55. The second-order valence-electron chi connectivity index (χ2n) is 4.55. The van der Waals surface area contributed by atoms with Crippen molar-refractivity contribution in [2.45, 2.75) is 19.3 Å². The number of aromatic hydroxyl groups is 1. The zero-order valence-corrected chi connectivity index (χ0v) is 10.9. The maximum atomic E-state index is 12.0. The molecule has 4 nitrogen and oxygen atoms in total. The van der Waals surface area contributed by atoms with Crippen LogP contribution in [0.2, 0.25) is 0 Å². The average Bonchev–Trinajstić information content (AvgIpc) is 2.91. The Kier molecular flexibility index (Phi) is 4.23. The average molecular weight is 258 g/mol. The van der Waals surface area contributed by atoms with Crippen LogP contribution < -0.4 is 5.32 Å². The number of phenolic OH excluding ortho intramolecular Hbond substituents is 1. The highest BCUT2D eigenvalue weighted by Crippen LogP contribution is 2.19. The fourth-order valence-corrected chi connectivity index (χ4v) is 1.94. The topological polar surface area (TPSA) is 65.1 Å². The molecule has 0 saturated heterocycles. The third-order valence-electron chi connectivity index (χ3n) is 3.12. The minimum atomic E-state index is -0.268. The van der Waals surface area contributed by atoms with E-state index in [0.717, 1.165) is 17.7 Å². The summed E-state index contributed by atoms with van der Waals surface area (Å²) in [7, 11) is 0. The van der Waals surface area contributed by atoms with E-state index in [1.165, 1.54) is 0 Å². The minimum absolute atomic E-state index is 0.0304. The van der Waals surface area contributed by atoms with Crippen LogP contribution in [0.5, 0.6) is 5.75 Å². The van der Waals surface area contributed by atoms with Crippen molar-refractivity contribution in [1.82, 2.24) is 10.3 Å². The first-order valence-electron chi connectivity index (χ1n) is 6.35. The molecule has 19 heavy (non-hydrogen) atoms. The van der Waals surface area contributed by atoms with Gasteiger partial charge in [0.2, 0.25) is 5.91 Å². The van der Waals surface area contributed by atoms with Crippen molar-refractivity contribution in [1.29, 1.82) is 0 Å². The molecule has 1 unspecified atom stereocenters. The molecule has 2 rings (SSSR count). The van der Waals surface area contributed by atoms with E-state index in [-0.39, 0.29) is 17.6 Å². The SMILES string of the molecule is CC(C(=O)NCCc1ccc[nH]1)c1cccc(O)c1. The van der Waals surface area contributed by atoms with E-state index in [9.17, 15) is 9.90 Å². The Labute approximate surface area is 112 Å². The molecule has 0 aliphatic carbocycles. The largest absolute Gasteiger partial charge is 0.508 e. The molecule has 2 aromatic rings. The van der Waals surface area contributed by atoms with E-state index in [0.29, 0.717) is 6.54 Å². The first-order chi connectivity index (χ1) is 9.16. The number of carbonyl (C=O) groups excluding carboxylic acids is 1. The van der Waals surface area contributed by atoms with E-state index in [1.807, 2.05) is 31.3 Å². The molecule has 1 aromatic carbocycles. The van der Waals surface area contributed by atoms with Crippen LogP contribution in [0.25, 0.3) is 0 Å². The number of carbonyl (C=O) groups is 1. The van der Waals surface area contributed by atoms with Gasteiger partial charge in [-0.3, -0.25) is 4.79 Å². The van der Waals surface area contributed by atoms with Gasteiger partial charge >= 0.3 is 0 Å². The highest BCUT2D eigenvalue weighted by molar-refractivity contribution is 5.83. The van der Waals surface area contributed by atoms with Crippen molar-refractivity contribution in [3.05, 3.63) is 53.9 Å². The predicted octanol–water partition coefficient (Wildman–Crippen LogP) is 2.18. The van der Waals surface area contributed by atoms with Crippen LogP contribution in [0, 0.1) is 0 Å². The van der Waals surface area contributed by atoms with Gasteiger partial charge in [0.1, 0.15) is 5.75 Å². The Bertz CT molecular complexity index is 535. The maximum Gasteiger partial charge on any atom is 0.227 e. The van der Waals surface area contributed by atoms with Gasteiger partial charge in [-0.15, -0.1) is 0 Å². The zero-order chi connectivity index (χ0) is 13.7. The number of rotatable bonds is 5. The van der Waals surface area contributed by atoms with Gasteiger partial charge in [0.15, 0.2) is 0 Å². The Morgan fingerprint density at radius 2 is 2.21 bits per heavy atom. The van der Waals surface area contributed by atoms with E-state index < -0.39 is 0 Å². The lowest BCUT2D eigenvalue weighted by atomic mass is 10.00. The molecule has 1 atom stereocenters. The molecule has 0 saturated carbocycles. The molecule has 0 spiro atoms. The van der Waals surface area contributed by atoms with Crippen LogP contribution in [0.1, 0.15) is 24.1 Å². The van der Waals surface area contributed by atoms with Gasteiger partial charge in [-0.2, -0.15) is 0 Å². The van der Waals surface area contributed by atoms with Gasteiger partial charge in [0, 0.05) is 24.9 Å². The lowest BCUT2D eigenvalue weighted by Crippen LogP contribution is -2.29. The Hall–Kier alpha value is -2.23. The summed E-state index contributed by atoms with van der Waals surface area (Å²) in [5, 5.41) is 12.3. The first kappa shape index (κ1) is 13.2. The van der Waals surface area contributed by atoms with Crippen LogP contribution in [0.3, 0.4) is 0 Å². The zero-order valence-electron chi connectivity index (χ0n) is 10.9. The summed E-state index contributed by atoms with van der Waals surface area (Å²) in [6.07, 6.45) is 2.65. The second kappa shape index (κ2) is 6.09. The molecule has 0 fully saturated rings. The summed E-state index contributed by atoms with van der Waals surface area (Å²) < 4.78 is 0. The number of aromatic nitrogens is 1. The van der Waals surface area contributed by atoms with E-state index in [2.05, 4.69) is 10.3 Å². The number of amides is 1. The van der Waals surface area contributed by atoms with Crippen LogP contribution in [-0.2, 0) is 11.2 Å². The van der Waals surface area contributed by atoms with Gasteiger partial charge < -0.3 is 15.4 Å². The molecule has 0 bridgehead atoms.